The zero-order valence-electron chi connectivity index (χ0n) is 10.4. The molecule has 0 bridgehead atoms. The van der Waals surface area contributed by atoms with Crippen LogP contribution in [0.1, 0.15) is 22.8 Å². The van der Waals surface area contributed by atoms with Crippen LogP contribution in [0.3, 0.4) is 0 Å². The van der Waals surface area contributed by atoms with E-state index in [4.69, 9.17) is 5.11 Å². The third-order valence-electron chi connectivity index (χ3n) is 2.29. The summed E-state index contributed by atoms with van der Waals surface area (Å²) in [4.78, 5) is 22.7. The highest BCUT2D eigenvalue weighted by Gasteiger charge is 2.14. The molecule has 0 unspecified atom stereocenters. The van der Waals surface area contributed by atoms with Gasteiger partial charge in [-0.1, -0.05) is 24.3 Å². The van der Waals surface area contributed by atoms with Crippen LogP contribution in [0.5, 0.6) is 0 Å². The Labute approximate surface area is 106 Å². The van der Waals surface area contributed by atoms with Crippen molar-refractivity contribution in [3.63, 3.8) is 0 Å². The highest BCUT2D eigenvalue weighted by molar-refractivity contribution is 6.01. The number of carbonyl (C=O) groups is 2. The Morgan fingerprint density at radius 3 is 2.61 bits per heavy atom. The lowest BCUT2D eigenvalue weighted by Gasteiger charge is -2.11. The van der Waals surface area contributed by atoms with E-state index in [-0.39, 0.29) is 11.3 Å². The summed E-state index contributed by atoms with van der Waals surface area (Å²) in [5.74, 6) is -1.07. The maximum absolute atomic E-state index is 11.5. The normalized spacial score (nSPS) is 9.67. The molecule has 0 heterocycles. The number of urea groups is 1. The molecule has 0 aliphatic rings. The SMILES string of the molecule is C=C(C)CNC(=O)Nc1cccc(C)c1C(=O)O. The number of hydrogen-bond acceptors (Lipinski definition) is 2. The first-order chi connectivity index (χ1) is 8.41. The Morgan fingerprint density at radius 1 is 1.39 bits per heavy atom. The molecule has 0 atom stereocenters. The molecule has 1 aromatic carbocycles. The van der Waals surface area contributed by atoms with Crippen molar-refractivity contribution in [3.05, 3.63) is 41.5 Å². The number of benzene rings is 1. The fraction of sp³-hybridized carbons (Fsp3) is 0.231. The number of amides is 2. The Morgan fingerprint density at radius 2 is 2.06 bits per heavy atom. The van der Waals surface area contributed by atoms with Gasteiger partial charge in [0.15, 0.2) is 0 Å². The van der Waals surface area contributed by atoms with Gasteiger partial charge in [-0.05, 0) is 25.5 Å². The third kappa shape index (κ3) is 3.62. The Kier molecular flexibility index (Phi) is 4.48. The minimum Gasteiger partial charge on any atom is -0.478 e. The number of aryl methyl sites for hydroxylation is 1. The van der Waals surface area contributed by atoms with Crippen LogP contribution in [0.2, 0.25) is 0 Å². The van der Waals surface area contributed by atoms with Gasteiger partial charge in [0, 0.05) is 6.54 Å². The summed E-state index contributed by atoms with van der Waals surface area (Å²) in [5, 5.41) is 14.2. The summed E-state index contributed by atoms with van der Waals surface area (Å²) in [7, 11) is 0. The molecule has 5 nitrogen and oxygen atoms in total. The van der Waals surface area contributed by atoms with Crippen LogP contribution in [0, 0.1) is 6.92 Å². The highest BCUT2D eigenvalue weighted by atomic mass is 16.4. The summed E-state index contributed by atoms with van der Waals surface area (Å²) in [6, 6.07) is 4.47. The molecular formula is C13H16N2O3. The summed E-state index contributed by atoms with van der Waals surface area (Å²) < 4.78 is 0. The lowest BCUT2D eigenvalue weighted by Crippen LogP contribution is -2.30. The number of hydrogen-bond donors (Lipinski definition) is 3. The van der Waals surface area contributed by atoms with Crippen molar-refractivity contribution in [2.45, 2.75) is 13.8 Å². The zero-order valence-corrected chi connectivity index (χ0v) is 10.4. The van der Waals surface area contributed by atoms with Crippen LogP contribution in [-0.2, 0) is 0 Å². The molecule has 0 fully saturated rings. The van der Waals surface area contributed by atoms with Crippen molar-refractivity contribution in [2.75, 3.05) is 11.9 Å². The van der Waals surface area contributed by atoms with Gasteiger partial charge in [-0.15, -0.1) is 0 Å². The molecule has 18 heavy (non-hydrogen) atoms. The number of nitrogens with one attached hydrogen (secondary N) is 2. The molecular weight excluding hydrogens is 232 g/mol. The molecule has 3 N–H and O–H groups in total. The third-order valence-corrected chi connectivity index (χ3v) is 2.29. The van der Waals surface area contributed by atoms with Gasteiger partial charge in [-0.3, -0.25) is 0 Å². The van der Waals surface area contributed by atoms with Crippen LogP contribution in [0.15, 0.2) is 30.4 Å². The van der Waals surface area contributed by atoms with Crippen LogP contribution < -0.4 is 10.6 Å². The van der Waals surface area contributed by atoms with E-state index in [9.17, 15) is 9.59 Å². The minimum atomic E-state index is -1.07. The standard InChI is InChI=1S/C13H16N2O3/c1-8(2)7-14-13(18)15-10-6-4-5-9(3)11(10)12(16)17/h4-6H,1,7H2,2-3H3,(H,16,17)(H2,14,15,18). The van der Waals surface area contributed by atoms with Gasteiger partial charge in [0.2, 0.25) is 0 Å². The number of carboxylic acid groups (broad SMARTS) is 1. The molecule has 1 rings (SSSR count). The van der Waals surface area contributed by atoms with E-state index in [2.05, 4.69) is 17.2 Å². The smallest absolute Gasteiger partial charge is 0.338 e. The van der Waals surface area contributed by atoms with Crippen LogP contribution in [0.4, 0.5) is 10.5 Å². The van der Waals surface area contributed by atoms with Crippen molar-refractivity contribution in [1.82, 2.24) is 5.32 Å². The van der Waals surface area contributed by atoms with Gasteiger partial charge in [0.1, 0.15) is 0 Å². The maximum atomic E-state index is 11.5. The molecule has 0 radical (unpaired) electrons. The van der Waals surface area contributed by atoms with Gasteiger partial charge in [0.25, 0.3) is 0 Å². The second kappa shape index (κ2) is 5.86. The van der Waals surface area contributed by atoms with E-state index >= 15 is 0 Å². The van der Waals surface area contributed by atoms with E-state index in [1.807, 2.05) is 0 Å². The molecule has 0 saturated heterocycles. The molecule has 0 aromatic heterocycles. The highest BCUT2D eigenvalue weighted by Crippen LogP contribution is 2.19. The molecule has 5 heteroatoms. The van der Waals surface area contributed by atoms with Gasteiger partial charge >= 0.3 is 12.0 Å². The van der Waals surface area contributed by atoms with Crippen LogP contribution >= 0.6 is 0 Å². The Balaban J connectivity index is 2.84. The topological polar surface area (TPSA) is 78.4 Å². The van der Waals surface area contributed by atoms with Crippen molar-refractivity contribution >= 4 is 17.7 Å². The summed E-state index contributed by atoms with van der Waals surface area (Å²) in [5.41, 5.74) is 1.79. The molecule has 0 saturated carbocycles. The average Bonchev–Trinajstić information content (AvgIpc) is 2.26. The fourth-order valence-electron chi connectivity index (χ4n) is 1.45. The minimum absolute atomic E-state index is 0.1000. The molecule has 0 aliphatic carbocycles. The number of rotatable bonds is 4. The molecule has 96 valence electrons. The Bertz CT molecular complexity index is 495. The molecule has 0 aliphatic heterocycles. The molecule has 2 amide bonds. The van der Waals surface area contributed by atoms with Crippen LogP contribution in [0.25, 0.3) is 0 Å². The largest absolute Gasteiger partial charge is 0.478 e. The Hall–Kier alpha value is -2.30. The van der Waals surface area contributed by atoms with Crippen molar-refractivity contribution in [3.8, 4) is 0 Å². The first-order valence-electron chi connectivity index (χ1n) is 5.44. The summed E-state index contributed by atoms with van der Waals surface area (Å²) >= 11 is 0. The van der Waals surface area contributed by atoms with Crippen molar-refractivity contribution in [2.24, 2.45) is 0 Å². The zero-order chi connectivity index (χ0) is 13.7. The van der Waals surface area contributed by atoms with E-state index in [0.717, 1.165) is 5.57 Å². The van der Waals surface area contributed by atoms with Gasteiger partial charge < -0.3 is 15.7 Å². The monoisotopic (exact) mass is 248 g/mol. The number of aromatic carboxylic acids is 1. The van der Waals surface area contributed by atoms with E-state index in [0.29, 0.717) is 12.1 Å². The second-order valence-corrected chi connectivity index (χ2v) is 4.07. The number of anilines is 1. The van der Waals surface area contributed by atoms with Gasteiger partial charge in [-0.2, -0.15) is 0 Å². The first kappa shape index (κ1) is 13.8. The number of carbonyl (C=O) groups excluding carboxylic acids is 1. The van der Waals surface area contributed by atoms with Crippen molar-refractivity contribution < 1.29 is 14.7 Å². The second-order valence-electron chi connectivity index (χ2n) is 4.07. The van der Waals surface area contributed by atoms with E-state index in [1.165, 1.54) is 0 Å². The lowest BCUT2D eigenvalue weighted by molar-refractivity contribution is 0.0697. The lowest BCUT2D eigenvalue weighted by atomic mass is 10.1. The number of carboxylic acids is 1. The van der Waals surface area contributed by atoms with Gasteiger partial charge in [-0.25, -0.2) is 9.59 Å². The molecule has 0 spiro atoms. The maximum Gasteiger partial charge on any atom is 0.338 e. The summed E-state index contributed by atoms with van der Waals surface area (Å²) in [6.45, 7) is 7.47. The van der Waals surface area contributed by atoms with Crippen molar-refractivity contribution in [1.29, 1.82) is 0 Å². The predicted molar refractivity (Wildman–Crippen MR) is 70.0 cm³/mol. The first-order valence-corrected chi connectivity index (χ1v) is 5.44. The summed E-state index contributed by atoms with van der Waals surface area (Å²) in [6.07, 6.45) is 0. The fourth-order valence-corrected chi connectivity index (χ4v) is 1.45. The molecule has 1 aromatic rings. The quantitative estimate of drug-likeness (QED) is 0.716. The average molecular weight is 248 g/mol. The van der Waals surface area contributed by atoms with Crippen LogP contribution in [-0.4, -0.2) is 23.7 Å². The predicted octanol–water partition coefficient (Wildman–Crippen LogP) is 2.39. The van der Waals surface area contributed by atoms with E-state index < -0.39 is 12.0 Å². The van der Waals surface area contributed by atoms with E-state index in [1.54, 1.807) is 32.0 Å². The van der Waals surface area contributed by atoms with Gasteiger partial charge in [0.05, 0.1) is 11.3 Å².